The number of anilines is 2. The van der Waals surface area contributed by atoms with E-state index in [1.165, 1.54) is 6.07 Å². The van der Waals surface area contributed by atoms with Gasteiger partial charge in [0.15, 0.2) is 0 Å². The molecule has 6 heteroatoms. The van der Waals surface area contributed by atoms with Gasteiger partial charge in [0.25, 0.3) is 0 Å². The van der Waals surface area contributed by atoms with Gasteiger partial charge in [0.1, 0.15) is 11.7 Å². The van der Waals surface area contributed by atoms with Gasteiger partial charge in [-0.05, 0) is 18.8 Å². The molecule has 84 valence electrons. The average molecular weight is 222 g/mol. The number of carboxylic acids is 1. The zero-order chi connectivity index (χ0) is 11.3. The van der Waals surface area contributed by atoms with Crippen LogP contribution in [0.1, 0.15) is 23.4 Å². The van der Waals surface area contributed by atoms with Crippen molar-refractivity contribution >= 4 is 23.4 Å². The molecule has 0 aromatic carbocycles. The lowest BCUT2D eigenvalue weighted by Gasteiger charge is -2.22. The Balaban J connectivity index is 1.92. The van der Waals surface area contributed by atoms with Crippen LogP contribution in [0.4, 0.5) is 11.6 Å². The molecule has 1 aliphatic carbocycles. The third-order valence-corrected chi connectivity index (χ3v) is 2.87. The number of hydrogen-bond donors (Lipinski definition) is 3. The molecule has 0 radical (unpaired) electrons. The highest BCUT2D eigenvalue weighted by Crippen LogP contribution is 2.39. The molecule has 0 spiro atoms. The standard InChI is InChI=1S/C10H10N2O4/c13-8-7(4-1-2-4)11-5-3-6(10(14)15)16-9(5)12-8/h3-4,7,11H,1-2H2,(H,12,13)(H,14,15). The predicted octanol–water partition coefficient (Wildman–Crippen LogP) is 1.12. The molecule has 6 nitrogen and oxygen atoms in total. The first-order chi connectivity index (χ1) is 7.65. The minimum Gasteiger partial charge on any atom is -0.475 e. The van der Waals surface area contributed by atoms with E-state index >= 15 is 0 Å². The highest BCUT2D eigenvalue weighted by molar-refractivity contribution is 6.03. The fourth-order valence-electron chi connectivity index (χ4n) is 1.88. The summed E-state index contributed by atoms with van der Waals surface area (Å²) in [5.41, 5.74) is 0.550. The topological polar surface area (TPSA) is 91.6 Å². The van der Waals surface area contributed by atoms with Gasteiger partial charge in [-0.2, -0.15) is 0 Å². The molecule has 3 rings (SSSR count). The van der Waals surface area contributed by atoms with Crippen LogP contribution >= 0.6 is 0 Å². The number of carboxylic acid groups (broad SMARTS) is 1. The summed E-state index contributed by atoms with van der Waals surface area (Å²) < 4.78 is 4.99. The third kappa shape index (κ3) is 1.34. The molecular weight excluding hydrogens is 212 g/mol. The van der Waals surface area contributed by atoms with Crippen molar-refractivity contribution in [1.82, 2.24) is 0 Å². The van der Waals surface area contributed by atoms with Crippen LogP contribution in [0.5, 0.6) is 0 Å². The van der Waals surface area contributed by atoms with E-state index < -0.39 is 5.97 Å². The number of carbonyl (C=O) groups excluding carboxylic acids is 1. The van der Waals surface area contributed by atoms with E-state index in [4.69, 9.17) is 9.52 Å². The molecule has 16 heavy (non-hydrogen) atoms. The SMILES string of the molecule is O=C(O)c1cc2c(o1)NC(=O)C(C1CC1)N2. The Morgan fingerprint density at radius 2 is 2.25 bits per heavy atom. The van der Waals surface area contributed by atoms with Crippen LogP contribution in [0.15, 0.2) is 10.5 Å². The van der Waals surface area contributed by atoms with Crippen molar-refractivity contribution in [1.29, 1.82) is 0 Å². The first-order valence-corrected chi connectivity index (χ1v) is 5.09. The quantitative estimate of drug-likeness (QED) is 0.697. The van der Waals surface area contributed by atoms with Gasteiger partial charge in [0.05, 0.1) is 0 Å². The molecule has 1 aliphatic heterocycles. The minimum atomic E-state index is -1.14. The number of furan rings is 1. The maximum atomic E-state index is 11.6. The van der Waals surface area contributed by atoms with Gasteiger partial charge in [-0.1, -0.05) is 0 Å². The van der Waals surface area contributed by atoms with Crippen molar-refractivity contribution in [3.63, 3.8) is 0 Å². The lowest BCUT2D eigenvalue weighted by Crippen LogP contribution is -2.39. The van der Waals surface area contributed by atoms with E-state index in [1.807, 2.05) is 0 Å². The van der Waals surface area contributed by atoms with Crippen molar-refractivity contribution in [2.45, 2.75) is 18.9 Å². The van der Waals surface area contributed by atoms with Gasteiger partial charge in [0.2, 0.25) is 17.6 Å². The van der Waals surface area contributed by atoms with Gasteiger partial charge < -0.3 is 14.8 Å². The summed E-state index contributed by atoms with van der Waals surface area (Å²) in [4.78, 5) is 22.3. The van der Waals surface area contributed by atoms with Crippen molar-refractivity contribution < 1.29 is 19.1 Å². The largest absolute Gasteiger partial charge is 0.475 e. The first kappa shape index (κ1) is 9.26. The number of fused-ring (bicyclic) bond motifs is 1. The number of carbonyl (C=O) groups is 2. The zero-order valence-corrected chi connectivity index (χ0v) is 8.32. The molecule has 1 aromatic rings. The molecule has 1 amide bonds. The van der Waals surface area contributed by atoms with Gasteiger partial charge in [0, 0.05) is 6.07 Å². The lowest BCUT2D eigenvalue weighted by molar-refractivity contribution is -0.117. The number of hydrogen-bond acceptors (Lipinski definition) is 4. The van der Waals surface area contributed by atoms with E-state index in [9.17, 15) is 9.59 Å². The van der Waals surface area contributed by atoms with Crippen LogP contribution in [0.3, 0.4) is 0 Å². The van der Waals surface area contributed by atoms with Crippen LogP contribution in [0, 0.1) is 5.92 Å². The second-order valence-corrected chi connectivity index (χ2v) is 4.11. The first-order valence-electron chi connectivity index (χ1n) is 5.09. The zero-order valence-electron chi connectivity index (χ0n) is 8.32. The normalized spacial score (nSPS) is 23.2. The summed E-state index contributed by atoms with van der Waals surface area (Å²) in [6.45, 7) is 0. The van der Waals surface area contributed by atoms with Crippen LogP contribution in [0.25, 0.3) is 0 Å². The highest BCUT2D eigenvalue weighted by atomic mass is 16.4. The molecule has 1 fully saturated rings. The van der Waals surface area contributed by atoms with Crippen molar-refractivity contribution in [2.24, 2.45) is 5.92 Å². The average Bonchev–Trinajstić information content (AvgIpc) is 2.97. The predicted molar refractivity (Wildman–Crippen MR) is 54.4 cm³/mol. The third-order valence-electron chi connectivity index (χ3n) is 2.87. The van der Waals surface area contributed by atoms with Crippen LogP contribution < -0.4 is 10.6 Å². The van der Waals surface area contributed by atoms with E-state index in [0.29, 0.717) is 11.6 Å². The summed E-state index contributed by atoms with van der Waals surface area (Å²) in [6.07, 6.45) is 2.06. The lowest BCUT2D eigenvalue weighted by atomic mass is 10.1. The summed E-state index contributed by atoms with van der Waals surface area (Å²) in [7, 11) is 0. The fraction of sp³-hybridized carbons (Fsp3) is 0.400. The molecule has 1 atom stereocenters. The monoisotopic (exact) mass is 222 g/mol. The fourth-order valence-corrected chi connectivity index (χ4v) is 1.88. The van der Waals surface area contributed by atoms with Gasteiger partial charge in [-0.25, -0.2) is 4.79 Å². The van der Waals surface area contributed by atoms with Crippen molar-refractivity contribution in [3.8, 4) is 0 Å². The second kappa shape index (κ2) is 3.01. The second-order valence-electron chi connectivity index (χ2n) is 4.11. The molecule has 2 aliphatic rings. The van der Waals surface area contributed by atoms with E-state index in [2.05, 4.69) is 10.6 Å². The Morgan fingerprint density at radius 3 is 2.88 bits per heavy atom. The number of rotatable bonds is 2. The van der Waals surface area contributed by atoms with Crippen LogP contribution in [0.2, 0.25) is 0 Å². The van der Waals surface area contributed by atoms with Crippen molar-refractivity contribution in [2.75, 3.05) is 10.6 Å². The molecule has 3 N–H and O–H groups in total. The molecule has 2 heterocycles. The smallest absolute Gasteiger partial charge is 0.371 e. The molecule has 0 saturated heterocycles. The summed E-state index contributed by atoms with van der Waals surface area (Å²) in [5.74, 6) is -0.917. The van der Waals surface area contributed by atoms with Crippen LogP contribution in [-0.2, 0) is 4.79 Å². The van der Waals surface area contributed by atoms with Gasteiger partial charge >= 0.3 is 5.97 Å². The maximum Gasteiger partial charge on any atom is 0.371 e. The Morgan fingerprint density at radius 1 is 1.50 bits per heavy atom. The highest BCUT2D eigenvalue weighted by Gasteiger charge is 2.40. The summed E-state index contributed by atoms with van der Waals surface area (Å²) >= 11 is 0. The van der Waals surface area contributed by atoms with Crippen molar-refractivity contribution in [3.05, 3.63) is 11.8 Å². The molecule has 0 bridgehead atoms. The molecule has 1 unspecified atom stereocenters. The number of amides is 1. The summed E-state index contributed by atoms with van der Waals surface area (Å²) in [5, 5.41) is 14.3. The van der Waals surface area contributed by atoms with E-state index in [1.54, 1.807) is 0 Å². The number of aromatic carboxylic acids is 1. The van der Waals surface area contributed by atoms with Gasteiger partial charge in [-0.3, -0.25) is 10.1 Å². The molecular formula is C10H10N2O4. The Bertz CT molecular complexity index is 475. The number of nitrogens with one attached hydrogen (secondary N) is 2. The van der Waals surface area contributed by atoms with E-state index in [-0.39, 0.29) is 23.6 Å². The summed E-state index contributed by atoms with van der Waals surface area (Å²) in [6, 6.07) is 1.14. The van der Waals surface area contributed by atoms with E-state index in [0.717, 1.165) is 12.8 Å². The minimum absolute atomic E-state index is 0.152. The van der Waals surface area contributed by atoms with Gasteiger partial charge in [-0.15, -0.1) is 0 Å². The van der Waals surface area contributed by atoms with Crippen LogP contribution in [-0.4, -0.2) is 23.0 Å². The maximum absolute atomic E-state index is 11.6. The molecule has 1 aromatic heterocycles. The Hall–Kier alpha value is -1.98. The molecule has 1 saturated carbocycles. The Kier molecular flexibility index (Phi) is 1.74. The Labute approximate surface area is 90.6 Å².